The van der Waals surface area contributed by atoms with Gasteiger partial charge >= 0.3 is 7.12 Å². The zero-order valence-electron chi connectivity index (χ0n) is 22.9. The quantitative estimate of drug-likeness (QED) is 0.208. The van der Waals surface area contributed by atoms with E-state index in [9.17, 15) is 10.0 Å². The minimum atomic E-state index is -1.51. The van der Waals surface area contributed by atoms with E-state index in [0.29, 0.717) is 5.46 Å². The number of anilines is 3. The van der Waals surface area contributed by atoms with Crippen LogP contribution in [0.3, 0.4) is 0 Å². The average molecular weight is 541 g/mol. The molecular formula is C38H28BNO2. The Kier molecular flexibility index (Phi) is 6.77. The lowest BCUT2D eigenvalue weighted by Crippen LogP contribution is -2.29. The van der Waals surface area contributed by atoms with Gasteiger partial charge in [0, 0.05) is 17.1 Å². The van der Waals surface area contributed by atoms with Crippen molar-refractivity contribution in [1.82, 2.24) is 0 Å². The summed E-state index contributed by atoms with van der Waals surface area (Å²) in [5, 5.41) is 24.3. The van der Waals surface area contributed by atoms with Crippen molar-refractivity contribution < 1.29 is 10.0 Å². The lowest BCUT2D eigenvalue weighted by atomic mass is 9.80. The van der Waals surface area contributed by atoms with Gasteiger partial charge in [0.05, 0.1) is 0 Å². The van der Waals surface area contributed by atoms with E-state index in [-0.39, 0.29) is 0 Å². The van der Waals surface area contributed by atoms with E-state index in [2.05, 4.69) is 138 Å². The third kappa shape index (κ3) is 4.84. The first-order valence-corrected chi connectivity index (χ1v) is 14.1. The van der Waals surface area contributed by atoms with Crippen LogP contribution < -0.4 is 10.4 Å². The third-order valence-electron chi connectivity index (χ3n) is 7.88. The van der Waals surface area contributed by atoms with E-state index in [1.54, 1.807) is 12.1 Å². The van der Waals surface area contributed by atoms with Gasteiger partial charge in [0.15, 0.2) is 0 Å². The molecule has 0 aliphatic heterocycles. The number of benzene rings is 7. The van der Waals surface area contributed by atoms with Crippen LogP contribution in [0.4, 0.5) is 17.1 Å². The van der Waals surface area contributed by atoms with E-state index < -0.39 is 7.12 Å². The van der Waals surface area contributed by atoms with Gasteiger partial charge in [-0.1, -0.05) is 121 Å². The summed E-state index contributed by atoms with van der Waals surface area (Å²) in [4.78, 5) is 2.20. The van der Waals surface area contributed by atoms with Crippen molar-refractivity contribution in [2.75, 3.05) is 4.90 Å². The Balaban J connectivity index is 1.34. The molecule has 0 fully saturated rings. The molecule has 0 aliphatic rings. The van der Waals surface area contributed by atoms with E-state index in [1.807, 2.05) is 12.1 Å². The monoisotopic (exact) mass is 541 g/mol. The van der Waals surface area contributed by atoms with E-state index in [1.165, 1.54) is 32.7 Å². The number of hydrogen-bond donors (Lipinski definition) is 2. The molecule has 2 N–H and O–H groups in total. The highest BCUT2D eigenvalue weighted by molar-refractivity contribution is 6.58. The Morgan fingerprint density at radius 3 is 1.50 bits per heavy atom. The van der Waals surface area contributed by atoms with Crippen LogP contribution in [-0.2, 0) is 0 Å². The highest BCUT2D eigenvalue weighted by atomic mass is 16.4. The molecule has 42 heavy (non-hydrogen) atoms. The van der Waals surface area contributed by atoms with Gasteiger partial charge in [0.25, 0.3) is 0 Å². The molecule has 200 valence electrons. The van der Waals surface area contributed by atoms with Crippen LogP contribution in [0.5, 0.6) is 0 Å². The number of rotatable bonds is 6. The maximum Gasteiger partial charge on any atom is 0.488 e. The molecule has 7 aromatic carbocycles. The third-order valence-corrected chi connectivity index (χ3v) is 7.88. The maximum atomic E-state index is 9.69. The fourth-order valence-electron chi connectivity index (χ4n) is 5.80. The normalized spacial score (nSPS) is 11.1. The number of fused-ring (bicyclic) bond motifs is 2. The second-order valence-electron chi connectivity index (χ2n) is 10.5. The average Bonchev–Trinajstić information content (AvgIpc) is 3.05. The summed E-state index contributed by atoms with van der Waals surface area (Å²) in [5.74, 6) is 0. The van der Waals surface area contributed by atoms with Crippen molar-refractivity contribution in [1.29, 1.82) is 0 Å². The molecule has 0 saturated heterocycles. The second kappa shape index (κ2) is 11.0. The summed E-state index contributed by atoms with van der Waals surface area (Å²) in [7, 11) is -1.51. The van der Waals surface area contributed by atoms with Crippen molar-refractivity contribution >= 4 is 51.2 Å². The van der Waals surface area contributed by atoms with Crippen LogP contribution in [-0.4, -0.2) is 17.2 Å². The molecule has 0 aromatic heterocycles. The summed E-state index contributed by atoms with van der Waals surface area (Å²) >= 11 is 0. The topological polar surface area (TPSA) is 43.7 Å². The smallest absolute Gasteiger partial charge is 0.423 e. The zero-order chi connectivity index (χ0) is 28.5. The minimum absolute atomic E-state index is 0.453. The number of hydrogen-bond acceptors (Lipinski definition) is 3. The van der Waals surface area contributed by atoms with Crippen LogP contribution in [0.1, 0.15) is 0 Å². The first-order valence-electron chi connectivity index (χ1n) is 14.1. The van der Waals surface area contributed by atoms with Crippen molar-refractivity contribution in [3.05, 3.63) is 158 Å². The fourth-order valence-corrected chi connectivity index (χ4v) is 5.80. The molecule has 3 nitrogen and oxygen atoms in total. The molecule has 7 aromatic rings. The predicted octanol–water partition coefficient (Wildman–Crippen LogP) is 8.48. The fraction of sp³-hybridized carbons (Fsp3) is 0. The standard InChI is InChI=1S/C38H28BNO2/c41-39(42)31-20-24-33(25-21-31)40(32-22-18-29(19-23-32)37-16-6-10-27-8-1-3-14-35(27)37)34-13-5-12-30(26-34)38-17-7-11-28-9-2-4-15-36(28)38/h1-26,41-42H. The van der Waals surface area contributed by atoms with E-state index >= 15 is 0 Å². The molecule has 0 amide bonds. The lowest BCUT2D eigenvalue weighted by Gasteiger charge is -2.26. The van der Waals surface area contributed by atoms with Crippen molar-refractivity contribution in [3.63, 3.8) is 0 Å². The maximum absolute atomic E-state index is 9.69. The molecule has 0 aliphatic carbocycles. The molecule has 7 rings (SSSR count). The van der Waals surface area contributed by atoms with Crippen molar-refractivity contribution in [2.45, 2.75) is 0 Å². The molecule has 0 saturated carbocycles. The molecular weight excluding hydrogens is 513 g/mol. The van der Waals surface area contributed by atoms with Crippen LogP contribution in [0.15, 0.2) is 158 Å². The molecule has 0 spiro atoms. The Morgan fingerprint density at radius 1 is 0.405 bits per heavy atom. The Bertz CT molecular complexity index is 2010. The predicted molar refractivity (Wildman–Crippen MR) is 177 cm³/mol. The van der Waals surface area contributed by atoms with Crippen molar-refractivity contribution in [2.24, 2.45) is 0 Å². The summed E-state index contributed by atoms with van der Waals surface area (Å²) in [6.07, 6.45) is 0. The largest absolute Gasteiger partial charge is 0.488 e. The van der Waals surface area contributed by atoms with Gasteiger partial charge in [-0.15, -0.1) is 0 Å². The molecule has 0 radical (unpaired) electrons. The molecule has 4 heteroatoms. The zero-order valence-corrected chi connectivity index (χ0v) is 22.9. The van der Waals surface area contributed by atoms with Crippen LogP contribution in [0.25, 0.3) is 43.8 Å². The van der Waals surface area contributed by atoms with Gasteiger partial charge in [-0.05, 0) is 85.7 Å². The van der Waals surface area contributed by atoms with Crippen LogP contribution >= 0.6 is 0 Å². The van der Waals surface area contributed by atoms with E-state index in [0.717, 1.165) is 28.2 Å². The highest BCUT2D eigenvalue weighted by Gasteiger charge is 2.17. The van der Waals surface area contributed by atoms with Gasteiger partial charge in [0.2, 0.25) is 0 Å². The number of nitrogens with zero attached hydrogens (tertiary/aromatic N) is 1. The minimum Gasteiger partial charge on any atom is -0.423 e. The van der Waals surface area contributed by atoms with Gasteiger partial charge in [-0.3, -0.25) is 0 Å². The van der Waals surface area contributed by atoms with Gasteiger partial charge < -0.3 is 14.9 Å². The first kappa shape index (κ1) is 25.8. The van der Waals surface area contributed by atoms with E-state index in [4.69, 9.17) is 0 Å². The Hall–Kier alpha value is -5.16. The Labute approximate surface area is 245 Å². The second-order valence-corrected chi connectivity index (χ2v) is 10.5. The van der Waals surface area contributed by atoms with Crippen molar-refractivity contribution in [3.8, 4) is 22.3 Å². The SMILES string of the molecule is OB(O)c1ccc(N(c2ccc(-c3cccc4ccccc34)cc2)c2cccc(-c3cccc4ccccc34)c2)cc1. The molecule has 0 unspecified atom stereocenters. The van der Waals surface area contributed by atoms with Crippen LogP contribution in [0, 0.1) is 0 Å². The molecule has 0 bridgehead atoms. The summed E-state index contributed by atoms with van der Waals surface area (Å²) in [5.41, 5.74) is 8.05. The highest BCUT2D eigenvalue weighted by Crippen LogP contribution is 2.39. The first-order chi connectivity index (χ1) is 20.7. The summed E-state index contributed by atoms with van der Waals surface area (Å²) < 4.78 is 0. The van der Waals surface area contributed by atoms with Gasteiger partial charge in [-0.2, -0.15) is 0 Å². The van der Waals surface area contributed by atoms with Gasteiger partial charge in [-0.25, -0.2) is 0 Å². The Morgan fingerprint density at radius 2 is 0.905 bits per heavy atom. The van der Waals surface area contributed by atoms with Crippen LogP contribution in [0.2, 0.25) is 0 Å². The van der Waals surface area contributed by atoms with Gasteiger partial charge in [0.1, 0.15) is 0 Å². The summed E-state index contributed by atoms with van der Waals surface area (Å²) in [6.45, 7) is 0. The summed E-state index contributed by atoms with van der Waals surface area (Å²) in [6, 6.07) is 54.3. The molecule has 0 atom stereocenters. The molecule has 0 heterocycles. The lowest BCUT2D eigenvalue weighted by molar-refractivity contribution is 0.426.